The molecule has 0 amide bonds. The van der Waals surface area contributed by atoms with Crippen molar-refractivity contribution in [3.05, 3.63) is 65.7 Å². The number of aromatic amines is 1. The van der Waals surface area contributed by atoms with Crippen LogP contribution in [0.2, 0.25) is 0 Å². The molecule has 0 bridgehead atoms. The molecule has 4 rings (SSSR count). The van der Waals surface area contributed by atoms with Crippen LogP contribution in [-0.2, 0) is 12.5 Å². The van der Waals surface area contributed by atoms with Crippen LogP contribution in [0.25, 0.3) is 22.2 Å². The van der Waals surface area contributed by atoms with Crippen LogP contribution in [0.1, 0.15) is 42.5 Å². The molecule has 1 aromatic carbocycles. The van der Waals surface area contributed by atoms with Crippen molar-refractivity contribution in [1.82, 2.24) is 19.7 Å². The number of carbonyl (C=O) groups is 1. The third kappa shape index (κ3) is 2.97. The molecule has 3 aromatic heterocycles. The van der Waals surface area contributed by atoms with Gasteiger partial charge in [0.2, 0.25) is 5.78 Å². The fraction of sp³-hybridized carbons (Fsp3) is 0.227. The molecule has 0 fully saturated rings. The number of ketones is 1. The number of H-pyrrole nitrogens is 1. The van der Waals surface area contributed by atoms with Gasteiger partial charge in [-0.15, -0.1) is 0 Å². The summed E-state index contributed by atoms with van der Waals surface area (Å²) in [6.07, 6.45) is 3.45. The van der Waals surface area contributed by atoms with E-state index in [0.29, 0.717) is 22.6 Å². The molecule has 0 aliphatic rings. The molecule has 0 aliphatic heterocycles. The lowest BCUT2D eigenvalue weighted by molar-refractivity contribution is 0.103. The summed E-state index contributed by atoms with van der Waals surface area (Å²) in [4.78, 5) is 20.9. The number of benzene rings is 1. The van der Waals surface area contributed by atoms with Crippen molar-refractivity contribution in [2.75, 3.05) is 5.73 Å². The fourth-order valence-electron chi connectivity index (χ4n) is 3.37. The first-order valence-corrected chi connectivity index (χ1v) is 9.17. The number of rotatable bonds is 3. The second-order valence-electron chi connectivity index (χ2n) is 8.03. The number of pyridine rings is 1. The van der Waals surface area contributed by atoms with Crippen molar-refractivity contribution in [3.63, 3.8) is 0 Å². The summed E-state index contributed by atoms with van der Waals surface area (Å²) in [5.74, 6) is -0.0881. The summed E-state index contributed by atoms with van der Waals surface area (Å²) in [5.41, 5.74) is 11.0. The van der Waals surface area contributed by atoms with Crippen LogP contribution in [0.15, 0.2) is 48.8 Å². The van der Waals surface area contributed by atoms with E-state index in [1.165, 1.54) is 0 Å². The predicted molar refractivity (Wildman–Crippen MR) is 111 cm³/mol. The normalized spacial score (nSPS) is 11.9. The van der Waals surface area contributed by atoms with Gasteiger partial charge in [-0.1, -0.05) is 32.9 Å². The molecule has 0 saturated heterocycles. The maximum Gasteiger partial charge on any atom is 0.213 e. The average molecular weight is 373 g/mol. The number of hydrogen-bond acceptors (Lipinski definition) is 4. The Hall–Kier alpha value is -3.41. The molecule has 4 aromatic rings. The van der Waals surface area contributed by atoms with Crippen LogP contribution < -0.4 is 5.73 Å². The largest absolute Gasteiger partial charge is 0.399 e. The minimum absolute atomic E-state index is 0.0881. The number of carbonyl (C=O) groups excluding carboxylic acids is 1. The monoisotopic (exact) mass is 373 g/mol. The van der Waals surface area contributed by atoms with Crippen LogP contribution in [0.5, 0.6) is 0 Å². The number of nitrogens with two attached hydrogens (primary N) is 1. The second kappa shape index (κ2) is 6.34. The minimum atomic E-state index is -0.134. The van der Waals surface area contributed by atoms with Crippen LogP contribution in [0.3, 0.4) is 0 Å². The van der Waals surface area contributed by atoms with Crippen molar-refractivity contribution < 1.29 is 4.79 Å². The zero-order valence-electron chi connectivity index (χ0n) is 16.4. The quantitative estimate of drug-likeness (QED) is 0.418. The molecule has 6 heteroatoms. The van der Waals surface area contributed by atoms with E-state index in [-0.39, 0.29) is 11.2 Å². The van der Waals surface area contributed by atoms with Crippen LogP contribution in [0, 0.1) is 0 Å². The lowest BCUT2D eigenvalue weighted by Gasteiger charge is -2.13. The predicted octanol–water partition coefficient (Wildman–Crippen LogP) is 4.07. The van der Waals surface area contributed by atoms with Gasteiger partial charge in [0.1, 0.15) is 11.3 Å². The van der Waals surface area contributed by atoms with Gasteiger partial charge < -0.3 is 10.7 Å². The Balaban J connectivity index is 1.89. The molecule has 3 N–H and O–H groups in total. The Morgan fingerprint density at radius 1 is 1.18 bits per heavy atom. The second-order valence-corrected chi connectivity index (χ2v) is 8.03. The van der Waals surface area contributed by atoms with E-state index in [2.05, 4.69) is 35.8 Å². The number of aromatic nitrogens is 4. The van der Waals surface area contributed by atoms with Gasteiger partial charge in [-0.3, -0.25) is 9.48 Å². The number of nitrogen functional groups attached to an aromatic ring is 1. The van der Waals surface area contributed by atoms with Gasteiger partial charge in [0.25, 0.3) is 0 Å². The third-order valence-electron chi connectivity index (χ3n) is 4.90. The van der Waals surface area contributed by atoms with Crippen molar-refractivity contribution >= 4 is 22.5 Å². The van der Waals surface area contributed by atoms with Crippen molar-refractivity contribution in [1.29, 1.82) is 0 Å². The van der Waals surface area contributed by atoms with Crippen molar-refractivity contribution in [2.45, 2.75) is 26.2 Å². The summed E-state index contributed by atoms with van der Waals surface area (Å²) < 4.78 is 1.65. The minimum Gasteiger partial charge on any atom is -0.399 e. The highest BCUT2D eigenvalue weighted by molar-refractivity contribution is 6.18. The Kier molecular flexibility index (Phi) is 4.07. The number of fused-ring (bicyclic) bond motifs is 1. The molecule has 0 unspecified atom stereocenters. The number of aryl methyl sites for hydroxylation is 1. The van der Waals surface area contributed by atoms with Gasteiger partial charge in [-0.05, 0) is 35.4 Å². The molecule has 0 spiro atoms. The first-order valence-electron chi connectivity index (χ1n) is 9.17. The average Bonchev–Trinajstić information content (AvgIpc) is 3.24. The highest BCUT2D eigenvalue weighted by atomic mass is 16.1. The van der Waals surface area contributed by atoms with Gasteiger partial charge in [-0.2, -0.15) is 5.10 Å². The van der Waals surface area contributed by atoms with Crippen LogP contribution in [0.4, 0.5) is 5.69 Å². The summed E-state index contributed by atoms with van der Waals surface area (Å²) in [6, 6.07) is 11.4. The molecule has 0 saturated carbocycles. The van der Waals surface area contributed by atoms with E-state index in [1.54, 1.807) is 24.1 Å². The van der Waals surface area contributed by atoms with Crippen molar-refractivity contribution in [2.24, 2.45) is 7.05 Å². The zero-order chi connectivity index (χ0) is 20.1. The maximum atomic E-state index is 13.4. The van der Waals surface area contributed by atoms with E-state index in [9.17, 15) is 4.79 Å². The highest BCUT2D eigenvalue weighted by Crippen LogP contribution is 2.32. The Morgan fingerprint density at radius 2 is 1.96 bits per heavy atom. The molecule has 6 nitrogen and oxygen atoms in total. The number of nitrogens with one attached hydrogen (secondary N) is 1. The molecule has 0 aliphatic carbocycles. The van der Waals surface area contributed by atoms with E-state index in [1.807, 2.05) is 36.4 Å². The summed E-state index contributed by atoms with van der Waals surface area (Å²) in [5, 5.41) is 5.33. The number of nitrogens with zero attached hydrogens (tertiary/aromatic N) is 3. The molecule has 0 atom stereocenters. The molecular weight excluding hydrogens is 350 g/mol. The maximum absolute atomic E-state index is 13.4. The van der Waals surface area contributed by atoms with Gasteiger partial charge in [0.05, 0.1) is 11.3 Å². The molecule has 3 heterocycles. The summed E-state index contributed by atoms with van der Waals surface area (Å²) in [6.45, 7) is 6.24. The van der Waals surface area contributed by atoms with E-state index in [0.717, 1.165) is 22.2 Å². The van der Waals surface area contributed by atoms with Gasteiger partial charge in [-0.25, -0.2) is 4.98 Å². The lowest BCUT2D eigenvalue weighted by Crippen LogP contribution is -2.12. The van der Waals surface area contributed by atoms with Crippen LogP contribution in [-0.4, -0.2) is 25.5 Å². The molecule has 0 radical (unpaired) electrons. The molecule has 142 valence electrons. The first-order chi connectivity index (χ1) is 13.3. The van der Waals surface area contributed by atoms with E-state index >= 15 is 0 Å². The number of hydrogen-bond donors (Lipinski definition) is 2. The molecule has 28 heavy (non-hydrogen) atoms. The van der Waals surface area contributed by atoms with Gasteiger partial charge in [0, 0.05) is 35.9 Å². The van der Waals surface area contributed by atoms with Gasteiger partial charge >= 0.3 is 0 Å². The standard InChI is InChI=1S/C22H23N5O/c1-22(2,3)18-11-17(27(4)26-18)20(28)16-12-25-21-19(16)15(8-9-24-21)13-6-5-7-14(23)10-13/h5-12H,23H2,1-4H3,(H,24,25). The van der Waals surface area contributed by atoms with Gasteiger partial charge in [0.15, 0.2) is 0 Å². The molecular formula is C22H23N5O. The summed E-state index contributed by atoms with van der Waals surface area (Å²) in [7, 11) is 1.80. The smallest absolute Gasteiger partial charge is 0.213 e. The first kappa shape index (κ1) is 18.0. The fourth-order valence-corrected chi connectivity index (χ4v) is 3.37. The summed E-state index contributed by atoms with van der Waals surface area (Å²) >= 11 is 0. The third-order valence-corrected chi connectivity index (χ3v) is 4.90. The Bertz CT molecular complexity index is 1190. The Morgan fingerprint density at radius 3 is 2.64 bits per heavy atom. The Labute approximate surface area is 163 Å². The van der Waals surface area contributed by atoms with Crippen molar-refractivity contribution in [3.8, 4) is 11.1 Å². The zero-order valence-corrected chi connectivity index (χ0v) is 16.4. The topological polar surface area (TPSA) is 89.6 Å². The van der Waals surface area contributed by atoms with E-state index in [4.69, 9.17) is 5.73 Å². The van der Waals surface area contributed by atoms with E-state index < -0.39 is 0 Å². The van der Waals surface area contributed by atoms with Crippen LogP contribution >= 0.6 is 0 Å². The SMILES string of the molecule is Cn1nc(C(C)(C)C)cc1C(=O)c1c[nH]c2nccc(-c3cccc(N)c3)c12. The highest BCUT2D eigenvalue weighted by Gasteiger charge is 2.25. The lowest BCUT2D eigenvalue weighted by atomic mass is 9.91. The number of anilines is 1.